The van der Waals surface area contributed by atoms with E-state index in [2.05, 4.69) is 0 Å². The Hall–Kier alpha value is -1.26. The summed E-state index contributed by atoms with van der Waals surface area (Å²) in [5, 5.41) is 9.55. The van der Waals surface area contributed by atoms with Crippen LogP contribution >= 0.6 is 0 Å². The molecule has 0 radical (unpaired) electrons. The smallest absolute Gasteiger partial charge is 0.165 e. The lowest BCUT2D eigenvalue weighted by molar-refractivity contribution is 0.312. The third kappa shape index (κ3) is 2.16. The van der Waals surface area contributed by atoms with E-state index >= 15 is 0 Å². The van der Waals surface area contributed by atoms with Crippen molar-refractivity contribution >= 4 is 0 Å². The Morgan fingerprint density at radius 2 is 2.21 bits per heavy atom. The van der Waals surface area contributed by atoms with Crippen LogP contribution in [0.4, 0.5) is 0 Å². The maximum atomic E-state index is 9.55. The Bertz CT molecular complexity index is 302. The van der Waals surface area contributed by atoms with Gasteiger partial charge in [-0.15, -0.1) is 0 Å². The monoisotopic (exact) mass is 196 g/mol. The first-order chi connectivity index (χ1) is 6.70. The van der Waals surface area contributed by atoms with E-state index in [1.54, 1.807) is 12.1 Å². The molecular formula is C10H16N2O2. The third-order valence-electron chi connectivity index (χ3n) is 1.97. The summed E-state index contributed by atoms with van der Waals surface area (Å²) >= 11 is 0. The minimum absolute atomic E-state index is 0.105. The summed E-state index contributed by atoms with van der Waals surface area (Å²) in [6, 6.07) is 4.80. The van der Waals surface area contributed by atoms with Crippen molar-refractivity contribution < 1.29 is 9.84 Å². The molecule has 0 aliphatic rings. The van der Waals surface area contributed by atoms with Crippen LogP contribution in [-0.2, 0) is 0 Å². The van der Waals surface area contributed by atoms with Crippen LogP contribution in [0.1, 0.15) is 18.5 Å². The van der Waals surface area contributed by atoms with Crippen LogP contribution in [0.3, 0.4) is 0 Å². The number of benzene rings is 1. The molecule has 0 aliphatic carbocycles. The van der Waals surface area contributed by atoms with Crippen LogP contribution in [0.2, 0.25) is 0 Å². The molecule has 1 aromatic rings. The normalized spacial score (nSPS) is 12.5. The number of hydrogen-bond acceptors (Lipinski definition) is 4. The molecular weight excluding hydrogens is 180 g/mol. The Morgan fingerprint density at radius 3 is 2.79 bits per heavy atom. The quantitative estimate of drug-likeness (QED) is 0.663. The lowest BCUT2D eigenvalue weighted by atomic mass is 10.1. The maximum absolute atomic E-state index is 9.55. The fraction of sp³-hybridized carbons (Fsp3) is 0.400. The predicted octanol–water partition coefficient (Wildman–Crippen LogP) is 0.749. The molecule has 1 rings (SSSR count). The van der Waals surface area contributed by atoms with E-state index < -0.39 is 0 Å². The molecule has 0 amide bonds. The number of phenols is 1. The zero-order chi connectivity index (χ0) is 10.6. The largest absolute Gasteiger partial charge is 0.504 e. The van der Waals surface area contributed by atoms with Gasteiger partial charge in [0, 0.05) is 18.2 Å². The topological polar surface area (TPSA) is 81.5 Å². The highest BCUT2D eigenvalue weighted by molar-refractivity contribution is 5.47. The fourth-order valence-electron chi connectivity index (χ4n) is 1.26. The van der Waals surface area contributed by atoms with E-state index in [-0.39, 0.29) is 11.8 Å². The SMILES string of the molecule is CCOc1c(O)cccc1[C@H](N)CN. The van der Waals surface area contributed by atoms with E-state index in [0.717, 1.165) is 5.56 Å². The summed E-state index contributed by atoms with van der Waals surface area (Å²) in [6.07, 6.45) is 0. The van der Waals surface area contributed by atoms with Gasteiger partial charge in [-0.3, -0.25) is 0 Å². The van der Waals surface area contributed by atoms with Crippen LogP contribution in [0.25, 0.3) is 0 Å². The Labute approximate surface area is 83.5 Å². The first kappa shape index (κ1) is 10.8. The second-order valence-corrected chi connectivity index (χ2v) is 2.97. The highest BCUT2D eigenvalue weighted by Gasteiger charge is 2.13. The summed E-state index contributed by atoms with van der Waals surface area (Å²) in [5.41, 5.74) is 12.0. The van der Waals surface area contributed by atoms with Crippen molar-refractivity contribution in [1.29, 1.82) is 0 Å². The molecule has 0 saturated heterocycles. The number of ether oxygens (including phenoxy) is 1. The van der Waals surface area contributed by atoms with Crippen molar-refractivity contribution in [1.82, 2.24) is 0 Å². The number of rotatable bonds is 4. The summed E-state index contributed by atoms with van der Waals surface area (Å²) in [7, 11) is 0. The minimum Gasteiger partial charge on any atom is -0.504 e. The van der Waals surface area contributed by atoms with Gasteiger partial charge in [-0.05, 0) is 13.0 Å². The first-order valence-corrected chi connectivity index (χ1v) is 4.61. The molecule has 0 unspecified atom stereocenters. The van der Waals surface area contributed by atoms with Crippen molar-refractivity contribution in [3.8, 4) is 11.5 Å². The number of hydrogen-bond donors (Lipinski definition) is 3. The standard InChI is InChI=1S/C10H16N2O2/c1-2-14-10-7(8(12)6-11)4-3-5-9(10)13/h3-5,8,13H,2,6,11-12H2,1H3/t8-/m1/s1. The first-order valence-electron chi connectivity index (χ1n) is 4.61. The lowest BCUT2D eigenvalue weighted by Crippen LogP contribution is -2.21. The molecule has 0 saturated carbocycles. The van der Waals surface area contributed by atoms with Gasteiger partial charge in [-0.2, -0.15) is 0 Å². The van der Waals surface area contributed by atoms with Gasteiger partial charge >= 0.3 is 0 Å². The average molecular weight is 196 g/mol. The average Bonchev–Trinajstić information content (AvgIpc) is 2.20. The number of aromatic hydroxyl groups is 1. The Balaban J connectivity index is 3.07. The summed E-state index contributed by atoms with van der Waals surface area (Å²) in [5.74, 6) is 0.543. The molecule has 14 heavy (non-hydrogen) atoms. The number of phenolic OH excluding ortho intramolecular Hbond substituents is 1. The molecule has 0 fully saturated rings. The Morgan fingerprint density at radius 1 is 1.50 bits per heavy atom. The van der Waals surface area contributed by atoms with Crippen molar-refractivity contribution in [2.24, 2.45) is 11.5 Å². The molecule has 78 valence electrons. The van der Waals surface area contributed by atoms with E-state index in [4.69, 9.17) is 16.2 Å². The summed E-state index contributed by atoms with van der Waals surface area (Å²) < 4.78 is 5.31. The van der Waals surface area contributed by atoms with E-state index in [9.17, 15) is 5.11 Å². The van der Waals surface area contributed by atoms with Crippen molar-refractivity contribution in [3.05, 3.63) is 23.8 Å². The van der Waals surface area contributed by atoms with Gasteiger partial charge < -0.3 is 21.3 Å². The van der Waals surface area contributed by atoms with Crippen LogP contribution < -0.4 is 16.2 Å². The molecule has 4 nitrogen and oxygen atoms in total. The van der Waals surface area contributed by atoms with Gasteiger partial charge in [0.15, 0.2) is 11.5 Å². The van der Waals surface area contributed by atoms with Crippen molar-refractivity contribution in [2.75, 3.05) is 13.2 Å². The van der Waals surface area contributed by atoms with Gasteiger partial charge in [0.2, 0.25) is 0 Å². The zero-order valence-corrected chi connectivity index (χ0v) is 8.23. The second-order valence-electron chi connectivity index (χ2n) is 2.97. The second kappa shape index (κ2) is 4.83. The number of nitrogens with two attached hydrogens (primary N) is 2. The molecule has 1 atom stereocenters. The molecule has 1 aromatic carbocycles. The number of para-hydroxylation sites is 1. The van der Waals surface area contributed by atoms with Gasteiger partial charge in [0.05, 0.1) is 6.61 Å². The minimum atomic E-state index is -0.302. The maximum Gasteiger partial charge on any atom is 0.165 e. The third-order valence-corrected chi connectivity index (χ3v) is 1.97. The highest BCUT2D eigenvalue weighted by Crippen LogP contribution is 2.32. The van der Waals surface area contributed by atoms with E-state index in [1.807, 2.05) is 13.0 Å². The van der Waals surface area contributed by atoms with Gasteiger partial charge in [-0.25, -0.2) is 0 Å². The highest BCUT2D eigenvalue weighted by atomic mass is 16.5. The van der Waals surface area contributed by atoms with E-state index in [1.165, 1.54) is 0 Å². The molecule has 0 bridgehead atoms. The molecule has 0 aliphatic heterocycles. The molecule has 0 heterocycles. The summed E-state index contributed by atoms with van der Waals surface area (Å²) in [6.45, 7) is 2.66. The molecule has 0 aromatic heterocycles. The predicted molar refractivity (Wildman–Crippen MR) is 55.3 cm³/mol. The van der Waals surface area contributed by atoms with Crippen LogP contribution in [0.15, 0.2) is 18.2 Å². The molecule has 4 heteroatoms. The van der Waals surface area contributed by atoms with Gasteiger partial charge in [0.25, 0.3) is 0 Å². The molecule has 0 spiro atoms. The lowest BCUT2D eigenvalue weighted by Gasteiger charge is -2.15. The van der Waals surface area contributed by atoms with Crippen LogP contribution in [-0.4, -0.2) is 18.3 Å². The van der Waals surface area contributed by atoms with Crippen LogP contribution in [0.5, 0.6) is 11.5 Å². The van der Waals surface area contributed by atoms with Crippen molar-refractivity contribution in [2.45, 2.75) is 13.0 Å². The zero-order valence-electron chi connectivity index (χ0n) is 8.23. The Kier molecular flexibility index (Phi) is 3.73. The van der Waals surface area contributed by atoms with Gasteiger partial charge in [-0.1, -0.05) is 12.1 Å². The summed E-state index contributed by atoms with van der Waals surface area (Å²) in [4.78, 5) is 0. The van der Waals surface area contributed by atoms with E-state index in [0.29, 0.717) is 18.9 Å². The fourth-order valence-corrected chi connectivity index (χ4v) is 1.26. The van der Waals surface area contributed by atoms with Crippen molar-refractivity contribution in [3.63, 3.8) is 0 Å². The van der Waals surface area contributed by atoms with Gasteiger partial charge in [0.1, 0.15) is 0 Å². The molecule has 5 N–H and O–H groups in total. The van der Waals surface area contributed by atoms with Crippen LogP contribution in [0, 0.1) is 0 Å².